The van der Waals surface area contributed by atoms with Gasteiger partial charge in [0, 0.05) is 21.7 Å². The van der Waals surface area contributed by atoms with Crippen molar-refractivity contribution in [3.8, 4) is 0 Å². The molecule has 0 radical (unpaired) electrons. The van der Waals surface area contributed by atoms with E-state index in [0.29, 0.717) is 11.1 Å². The Bertz CT molecular complexity index is 578. The standard InChI is InChI=1S/C14H16ClN3S/c1-2-10-5-6-11(19-10)8-16-13-7-12(15)17-14(18-13)9-3-4-9/h5-7,9H,2-4,8H2,1H3,(H,16,17,18). The monoisotopic (exact) mass is 293 g/mol. The predicted molar refractivity (Wildman–Crippen MR) is 80.0 cm³/mol. The molecular weight excluding hydrogens is 278 g/mol. The second-order valence-electron chi connectivity index (χ2n) is 4.78. The number of anilines is 1. The van der Waals surface area contributed by atoms with E-state index in [1.165, 1.54) is 22.6 Å². The summed E-state index contributed by atoms with van der Waals surface area (Å²) >= 11 is 7.88. The lowest BCUT2D eigenvalue weighted by molar-refractivity contribution is 0.922. The summed E-state index contributed by atoms with van der Waals surface area (Å²) in [6.07, 6.45) is 3.46. The van der Waals surface area contributed by atoms with Crippen LogP contribution in [0.2, 0.25) is 5.15 Å². The van der Waals surface area contributed by atoms with Crippen LogP contribution in [0.25, 0.3) is 0 Å². The van der Waals surface area contributed by atoms with Crippen molar-refractivity contribution in [2.24, 2.45) is 0 Å². The minimum Gasteiger partial charge on any atom is -0.365 e. The fraction of sp³-hybridized carbons (Fsp3) is 0.429. The summed E-state index contributed by atoms with van der Waals surface area (Å²) in [5.74, 6) is 2.23. The fourth-order valence-electron chi connectivity index (χ4n) is 1.93. The lowest BCUT2D eigenvalue weighted by Crippen LogP contribution is -2.03. The average molecular weight is 294 g/mol. The number of aromatic nitrogens is 2. The minimum absolute atomic E-state index is 0.521. The van der Waals surface area contributed by atoms with E-state index in [2.05, 4.69) is 34.3 Å². The van der Waals surface area contributed by atoms with Crippen LogP contribution in [-0.2, 0) is 13.0 Å². The molecule has 2 heterocycles. The maximum Gasteiger partial charge on any atom is 0.135 e. The Labute approximate surface area is 122 Å². The Morgan fingerprint density at radius 2 is 2.11 bits per heavy atom. The number of nitrogens with one attached hydrogen (secondary N) is 1. The van der Waals surface area contributed by atoms with Crippen LogP contribution in [0.15, 0.2) is 18.2 Å². The van der Waals surface area contributed by atoms with Crippen LogP contribution in [0.1, 0.15) is 41.3 Å². The van der Waals surface area contributed by atoms with Gasteiger partial charge in [0.15, 0.2) is 0 Å². The molecule has 5 heteroatoms. The Morgan fingerprint density at radius 3 is 2.79 bits per heavy atom. The zero-order valence-electron chi connectivity index (χ0n) is 10.8. The van der Waals surface area contributed by atoms with E-state index < -0.39 is 0 Å². The van der Waals surface area contributed by atoms with Gasteiger partial charge in [0.25, 0.3) is 0 Å². The van der Waals surface area contributed by atoms with Crippen molar-refractivity contribution in [1.29, 1.82) is 0 Å². The molecule has 0 saturated heterocycles. The molecule has 0 atom stereocenters. The van der Waals surface area contributed by atoms with E-state index in [0.717, 1.165) is 24.6 Å². The van der Waals surface area contributed by atoms with Crippen LogP contribution < -0.4 is 5.32 Å². The number of thiophene rings is 1. The van der Waals surface area contributed by atoms with Crippen LogP contribution >= 0.6 is 22.9 Å². The van der Waals surface area contributed by atoms with Crippen LogP contribution in [0.5, 0.6) is 0 Å². The number of hydrogen-bond acceptors (Lipinski definition) is 4. The number of nitrogens with zero attached hydrogens (tertiary/aromatic N) is 2. The first-order chi connectivity index (χ1) is 9.24. The largest absolute Gasteiger partial charge is 0.365 e. The number of aryl methyl sites for hydroxylation is 1. The molecule has 2 aromatic rings. The first-order valence-electron chi connectivity index (χ1n) is 6.60. The summed E-state index contributed by atoms with van der Waals surface area (Å²) in [5.41, 5.74) is 0. The highest BCUT2D eigenvalue weighted by Gasteiger charge is 2.27. The van der Waals surface area contributed by atoms with Crippen LogP contribution in [-0.4, -0.2) is 9.97 Å². The normalized spacial score (nSPS) is 14.6. The topological polar surface area (TPSA) is 37.8 Å². The van der Waals surface area contributed by atoms with Gasteiger partial charge < -0.3 is 5.32 Å². The van der Waals surface area contributed by atoms with Crippen molar-refractivity contribution < 1.29 is 0 Å². The molecule has 19 heavy (non-hydrogen) atoms. The molecule has 1 saturated carbocycles. The van der Waals surface area contributed by atoms with Crippen molar-refractivity contribution >= 4 is 28.8 Å². The number of halogens is 1. The Balaban J connectivity index is 1.68. The molecule has 1 aliphatic rings. The third-order valence-corrected chi connectivity index (χ3v) is 4.59. The van der Waals surface area contributed by atoms with Gasteiger partial charge >= 0.3 is 0 Å². The summed E-state index contributed by atoms with van der Waals surface area (Å²) in [7, 11) is 0. The molecule has 3 nitrogen and oxygen atoms in total. The predicted octanol–water partition coefficient (Wildman–Crippen LogP) is 4.24. The molecule has 100 valence electrons. The molecule has 0 bridgehead atoms. The quantitative estimate of drug-likeness (QED) is 0.838. The van der Waals surface area contributed by atoms with Gasteiger partial charge in [-0.05, 0) is 31.4 Å². The van der Waals surface area contributed by atoms with Gasteiger partial charge in [-0.1, -0.05) is 18.5 Å². The minimum atomic E-state index is 0.521. The van der Waals surface area contributed by atoms with Crippen molar-refractivity contribution in [2.45, 2.75) is 38.6 Å². The smallest absolute Gasteiger partial charge is 0.135 e. The summed E-state index contributed by atoms with van der Waals surface area (Å²) in [6, 6.07) is 6.15. The molecule has 0 amide bonds. The zero-order chi connectivity index (χ0) is 13.2. The van der Waals surface area contributed by atoms with Crippen molar-refractivity contribution in [2.75, 3.05) is 5.32 Å². The molecule has 0 spiro atoms. The number of hydrogen-bond donors (Lipinski definition) is 1. The summed E-state index contributed by atoms with van der Waals surface area (Å²) < 4.78 is 0. The van der Waals surface area contributed by atoms with E-state index in [-0.39, 0.29) is 0 Å². The molecule has 1 fully saturated rings. The lowest BCUT2D eigenvalue weighted by Gasteiger charge is -2.06. The molecular formula is C14H16ClN3S. The average Bonchev–Trinajstić information content (AvgIpc) is 3.15. The van der Waals surface area contributed by atoms with E-state index in [1.807, 2.05) is 11.3 Å². The maximum atomic E-state index is 6.04. The van der Waals surface area contributed by atoms with Gasteiger partial charge in [0.2, 0.25) is 0 Å². The summed E-state index contributed by atoms with van der Waals surface area (Å²) in [6.45, 7) is 2.97. The van der Waals surface area contributed by atoms with Crippen LogP contribution in [0.3, 0.4) is 0 Å². The zero-order valence-corrected chi connectivity index (χ0v) is 12.4. The highest BCUT2D eigenvalue weighted by molar-refractivity contribution is 7.12. The Kier molecular flexibility index (Phi) is 3.71. The molecule has 0 aliphatic heterocycles. The summed E-state index contributed by atoms with van der Waals surface area (Å²) in [5, 5.41) is 3.86. The molecule has 2 aromatic heterocycles. The van der Waals surface area contributed by atoms with Gasteiger partial charge in [-0.25, -0.2) is 9.97 Å². The first kappa shape index (κ1) is 12.9. The highest BCUT2D eigenvalue weighted by atomic mass is 35.5. The van der Waals surface area contributed by atoms with Gasteiger partial charge in [0.05, 0.1) is 6.54 Å². The summed E-state index contributed by atoms with van der Waals surface area (Å²) in [4.78, 5) is 11.6. The second-order valence-corrected chi connectivity index (χ2v) is 6.42. The van der Waals surface area contributed by atoms with Gasteiger partial charge in [-0.2, -0.15) is 0 Å². The van der Waals surface area contributed by atoms with Crippen LogP contribution in [0, 0.1) is 0 Å². The van der Waals surface area contributed by atoms with Gasteiger partial charge in [-0.15, -0.1) is 11.3 Å². The van der Waals surface area contributed by atoms with Gasteiger partial charge in [0.1, 0.15) is 16.8 Å². The molecule has 1 aliphatic carbocycles. The molecule has 3 rings (SSSR count). The number of rotatable bonds is 5. The van der Waals surface area contributed by atoms with Crippen molar-refractivity contribution in [1.82, 2.24) is 9.97 Å². The third kappa shape index (κ3) is 3.25. The van der Waals surface area contributed by atoms with Crippen molar-refractivity contribution in [3.63, 3.8) is 0 Å². The molecule has 1 N–H and O–H groups in total. The van der Waals surface area contributed by atoms with Crippen LogP contribution in [0.4, 0.5) is 5.82 Å². The molecule has 0 unspecified atom stereocenters. The van der Waals surface area contributed by atoms with E-state index in [4.69, 9.17) is 11.6 Å². The Hall–Kier alpha value is -1.13. The van der Waals surface area contributed by atoms with E-state index in [1.54, 1.807) is 6.07 Å². The molecule has 0 aromatic carbocycles. The third-order valence-electron chi connectivity index (χ3n) is 3.16. The van der Waals surface area contributed by atoms with Gasteiger partial charge in [-0.3, -0.25) is 0 Å². The SMILES string of the molecule is CCc1ccc(CNc2cc(Cl)nc(C3CC3)n2)s1. The first-order valence-corrected chi connectivity index (χ1v) is 7.80. The second kappa shape index (κ2) is 5.47. The lowest BCUT2D eigenvalue weighted by atomic mass is 10.3. The van der Waals surface area contributed by atoms with Crippen molar-refractivity contribution in [3.05, 3.63) is 38.9 Å². The Morgan fingerprint density at radius 1 is 1.32 bits per heavy atom. The fourth-order valence-corrected chi connectivity index (χ4v) is 3.02. The maximum absolute atomic E-state index is 6.04. The highest BCUT2D eigenvalue weighted by Crippen LogP contribution is 2.38. The van der Waals surface area contributed by atoms with E-state index >= 15 is 0 Å². The van der Waals surface area contributed by atoms with E-state index in [9.17, 15) is 0 Å².